The number of rotatable bonds is 9. The van der Waals surface area contributed by atoms with Gasteiger partial charge in [-0.1, -0.05) is 28.1 Å². The highest BCUT2D eigenvalue weighted by Gasteiger charge is 2.37. The Morgan fingerprint density at radius 1 is 1.19 bits per heavy atom. The molecule has 2 N–H and O–H groups in total. The van der Waals surface area contributed by atoms with Gasteiger partial charge in [0.25, 0.3) is 0 Å². The van der Waals surface area contributed by atoms with Crippen LogP contribution in [0.1, 0.15) is 25.2 Å². The molecule has 0 aliphatic rings. The number of nitrogens with one attached hydrogen (secondary N) is 1. The van der Waals surface area contributed by atoms with Crippen molar-refractivity contribution in [1.82, 2.24) is 0 Å². The summed E-state index contributed by atoms with van der Waals surface area (Å²) in [6.45, 7) is 3.85. The topological polar surface area (TPSA) is 94.1 Å². The van der Waals surface area contributed by atoms with Crippen molar-refractivity contribution >= 4 is 34.9 Å². The number of hydrogen-bond acceptors (Lipinski definition) is 7. The molecule has 26 heavy (non-hydrogen) atoms. The van der Waals surface area contributed by atoms with Crippen LogP contribution in [-0.4, -0.2) is 18.4 Å². The van der Waals surface area contributed by atoms with Crippen molar-refractivity contribution in [3.63, 3.8) is 0 Å². The van der Waals surface area contributed by atoms with Crippen LogP contribution in [0.2, 0.25) is 0 Å². The summed E-state index contributed by atoms with van der Waals surface area (Å²) in [5.74, 6) is -0.858. The normalized spacial score (nSPS) is 12.7. The summed E-state index contributed by atoms with van der Waals surface area (Å²) in [7, 11) is -3.60. The largest absolute Gasteiger partial charge is 0.733 e. The Hall–Kier alpha value is -1.41. The molecule has 0 aliphatic heterocycles. The Balaban J connectivity index is 2.48. The second kappa shape index (κ2) is 9.50. The fourth-order valence-corrected chi connectivity index (χ4v) is 4.60. The van der Waals surface area contributed by atoms with Gasteiger partial charge in [0.1, 0.15) is 0 Å². The standard InChI is InChI=1S/C17H21BrN2O5P/c1-3-24-26(23,25-4-2)17(19-15-10-8-14(18)9-11-15)13-6-5-7-16(12-13)20(21)22/h5-12,17,19,21H,3-4H2,1-2H3/q-1. The number of hydrogen-bond donors (Lipinski definition) is 2. The number of anilines is 2. The van der Waals surface area contributed by atoms with Gasteiger partial charge in [0, 0.05) is 10.2 Å². The molecule has 0 aliphatic carbocycles. The lowest BCUT2D eigenvalue weighted by molar-refractivity contribution is 0.214. The minimum absolute atomic E-state index is 0.0182. The molecule has 0 aromatic heterocycles. The molecule has 2 rings (SSSR count). The van der Waals surface area contributed by atoms with Crippen LogP contribution >= 0.6 is 23.5 Å². The lowest BCUT2D eigenvalue weighted by atomic mass is 10.2. The van der Waals surface area contributed by atoms with E-state index in [0.29, 0.717) is 11.3 Å². The molecule has 0 fully saturated rings. The molecule has 142 valence electrons. The zero-order valence-electron chi connectivity index (χ0n) is 14.5. The molecule has 1 unspecified atom stereocenters. The van der Waals surface area contributed by atoms with Gasteiger partial charge in [-0.15, -0.1) is 0 Å². The third-order valence-electron chi connectivity index (χ3n) is 3.49. The fraction of sp³-hybridized carbons (Fsp3) is 0.294. The highest BCUT2D eigenvalue weighted by molar-refractivity contribution is 9.10. The lowest BCUT2D eigenvalue weighted by Gasteiger charge is -2.29. The van der Waals surface area contributed by atoms with E-state index in [9.17, 15) is 15.0 Å². The zero-order valence-corrected chi connectivity index (χ0v) is 16.9. The van der Waals surface area contributed by atoms with Gasteiger partial charge >= 0.3 is 7.60 Å². The van der Waals surface area contributed by atoms with Gasteiger partial charge in [0.05, 0.1) is 18.9 Å². The smallest absolute Gasteiger partial charge is 0.357 e. The predicted octanol–water partition coefficient (Wildman–Crippen LogP) is 5.52. The molecular weight excluding hydrogens is 423 g/mol. The van der Waals surface area contributed by atoms with Crippen LogP contribution < -0.4 is 10.5 Å². The second-order valence-electron chi connectivity index (χ2n) is 5.30. The predicted molar refractivity (Wildman–Crippen MR) is 105 cm³/mol. The van der Waals surface area contributed by atoms with Crippen molar-refractivity contribution in [2.45, 2.75) is 19.6 Å². The summed E-state index contributed by atoms with van der Waals surface area (Å²) in [6, 6.07) is 13.5. The van der Waals surface area contributed by atoms with Gasteiger partial charge in [-0.3, -0.25) is 9.77 Å². The number of benzene rings is 2. The summed E-state index contributed by atoms with van der Waals surface area (Å²) < 4.78 is 25.3. The molecule has 0 heterocycles. The van der Waals surface area contributed by atoms with Gasteiger partial charge < -0.3 is 24.8 Å². The van der Waals surface area contributed by atoms with Gasteiger partial charge in [0.15, 0.2) is 5.78 Å². The lowest BCUT2D eigenvalue weighted by Crippen LogP contribution is -2.16. The maximum absolute atomic E-state index is 13.4. The summed E-state index contributed by atoms with van der Waals surface area (Å²) in [6.07, 6.45) is 0. The van der Waals surface area contributed by atoms with Crippen molar-refractivity contribution in [2.75, 3.05) is 23.8 Å². The molecule has 1 atom stereocenters. The first-order valence-electron chi connectivity index (χ1n) is 8.06. The summed E-state index contributed by atoms with van der Waals surface area (Å²) in [5, 5.41) is 23.3. The van der Waals surface area contributed by atoms with E-state index in [1.54, 1.807) is 26.0 Å². The van der Waals surface area contributed by atoms with Crippen molar-refractivity contribution in [3.05, 3.63) is 63.8 Å². The monoisotopic (exact) mass is 443 g/mol. The molecule has 2 aromatic rings. The Morgan fingerprint density at radius 3 is 2.35 bits per heavy atom. The van der Waals surface area contributed by atoms with Crippen LogP contribution in [0, 0.1) is 5.21 Å². The van der Waals surface area contributed by atoms with Crippen molar-refractivity contribution in [3.8, 4) is 0 Å². The first-order valence-corrected chi connectivity index (χ1v) is 10.5. The fourth-order valence-electron chi connectivity index (χ4n) is 2.41. The highest BCUT2D eigenvalue weighted by Crippen LogP contribution is 2.61. The molecule has 0 spiro atoms. The summed E-state index contributed by atoms with van der Waals surface area (Å²) in [5.41, 5.74) is 1.21. The molecule has 0 saturated carbocycles. The number of nitrogens with zero attached hydrogens (tertiary/aromatic N) is 1. The second-order valence-corrected chi connectivity index (χ2v) is 8.33. The Morgan fingerprint density at radius 2 is 1.81 bits per heavy atom. The van der Waals surface area contributed by atoms with Crippen LogP contribution in [0.25, 0.3) is 0 Å². The highest BCUT2D eigenvalue weighted by atomic mass is 79.9. The first kappa shape index (κ1) is 20.9. The average molecular weight is 444 g/mol. The van der Waals surface area contributed by atoms with Crippen LogP contribution in [0.15, 0.2) is 53.0 Å². The van der Waals surface area contributed by atoms with Gasteiger partial charge in [-0.05, 0) is 55.8 Å². The molecule has 0 radical (unpaired) electrons. The SMILES string of the molecule is CCOP(=O)(OCC)C(Nc1ccc(Br)cc1)c1cccc(N([O-])O)c1. The van der Waals surface area contributed by atoms with Crippen molar-refractivity contribution in [2.24, 2.45) is 0 Å². The minimum atomic E-state index is -3.60. The molecule has 0 bridgehead atoms. The molecular formula is C17H21BrN2O5P-. The van der Waals surface area contributed by atoms with E-state index in [1.165, 1.54) is 12.1 Å². The summed E-state index contributed by atoms with van der Waals surface area (Å²) >= 11 is 3.37. The van der Waals surface area contributed by atoms with E-state index in [4.69, 9.17) is 9.05 Å². The molecule has 0 saturated heterocycles. The quantitative estimate of drug-likeness (QED) is 0.389. The van der Waals surface area contributed by atoms with Crippen LogP contribution in [-0.2, 0) is 13.6 Å². The van der Waals surface area contributed by atoms with Gasteiger partial charge in [0.2, 0.25) is 0 Å². The van der Waals surface area contributed by atoms with E-state index >= 15 is 0 Å². The van der Waals surface area contributed by atoms with Crippen molar-refractivity contribution in [1.29, 1.82) is 0 Å². The van der Waals surface area contributed by atoms with Crippen LogP contribution in [0.3, 0.4) is 0 Å². The average Bonchev–Trinajstić information content (AvgIpc) is 2.61. The maximum Gasteiger partial charge on any atom is 0.357 e. The van der Waals surface area contributed by atoms with Gasteiger partial charge in [-0.2, -0.15) is 0 Å². The number of halogens is 1. The Kier molecular flexibility index (Phi) is 7.64. The maximum atomic E-state index is 13.4. The van der Waals surface area contributed by atoms with E-state index < -0.39 is 13.4 Å². The molecule has 7 nitrogen and oxygen atoms in total. The van der Waals surface area contributed by atoms with E-state index in [2.05, 4.69) is 21.2 Å². The Bertz CT molecular complexity index is 747. The van der Waals surface area contributed by atoms with Crippen molar-refractivity contribution < 1.29 is 18.8 Å². The third-order valence-corrected chi connectivity index (χ3v) is 6.31. The molecule has 0 amide bonds. The van der Waals surface area contributed by atoms with E-state index in [-0.39, 0.29) is 24.1 Å². The third kappa shape index (κ3) is 5.30. The van der Waals surface area contributed by atoms with Gasteiger partial charge in [-0.25, -0.2) is 0 Å². The molecule has 9 heteroatoms. The van der Waals surface area contributed by atoms with E-state index in [1.807, 2.05) is 24.3 Å². The minimum Gasteiger partial charge on any atom is -0.733 e. The van der Waals surface area contributed by atoms with Crippen LogP contribution in [0.5, 0.6) is 0 Å². The van der Waals surface area contributed by atoms with E-state index in [0.717, 1.165) is 4.47 Å². The Labute approximate surface area is 161 Å². The summed E-state index contributed by atoms with van der Waals surface area (Å²) in [4.78, 5) is 0. The molecule has 2 aromatic carbocycles. The van der Waals surface area contributed by atoms with Crippen LogP contribution in [0.4, 0.5) is 11.4 Å². The zero-order chi connectivity index (χ0) is 19.2. The first-order chi connectivity index (χ1) is 12.4.